The highest BCUT2D eigenvalue weighted by atomic mass is 16.5. The van der Waals surface area contributed by atoms with Gasteiger partial charge in [0.2, 0.25) is 0 Å². The molecular formula is C13H24O. The summed E-state index contributed by atoms with van der Waals surface area (Å²) in [6, 6.07) is 0. The van der Waals surface area contributed by atoms with E-state index in [1.54, 1.807) is 0 Å². The van der Waals surface area contributed by atoms with Crippen molar-refractivity contribution in [1.29, 1.82) is 0 Å². The van der Waals surface area contributed by atoms with E-state index in [4.69, 9.17) is 4.74 Å². The van der Waals surface area contributed by atoms with Gasteiger partial charge in [0.25, 0.3) is 0 Å². The molecule has 1 aliphatic rings. The summed E-state index contributed by atoms with van der Waals surface area (Å²) < 4.78 is 5.30. The summed E-state index contributed by atoms with van der Waals surface area (Å²) in [5.41, 5.74) is 1.98. The van der Waals surface area contributed by atoms with Crippen LogP contribution in [0.2, 0.25) is 0 Å². The monoisotopic (exact) mass is 196 g/mol. The topological polar surface area (TPSA) is 9.23 Å². The van der Waals surface area contributed by atoms with Gasteiger partial charge in [0.1, 0.15) is 0 Å². The summed E-state index contributed by atoms with van der Waals surface area (Å²) in [6.07, 6.45) is 7.64. The maximum Gasteiger partial charge on any atom is 0.0521 e. The number of methoxy groups -OCH3 is 1. The van der Waals surface area contributed by atoms with E-state index < -0.39 is 0 Å². The summed E-state index contributed by atoms with van der Waals surface area (Å²) in [6.45, 7) is 7.69. The van der Waals surface area contributed by atoms with Crippen LogP contribution in [0, 0.1) is 11.3 Å². The van der Waals surface area contributed by atoms with Gasteiger partial charge >= 0.3 is 0 Å². The first-order valence-electron chi connectivity index (χ1n) is 5.73. The van der Waals surface area contributed by atoms with Crippen LogP contribution in [0.5, 0.6) is 0 Å². The summed E-state index contributed by atoms with van der Waals surface area (Å²) in [7, 11) is 1.82. The Balaban J connectivity index is 2.28. The van der Waals surface area contributed by atoms with E-state index in [1.165, 1.54) is 31.3 Å². The van der Waals surface area contributed by atoms with Crippen LogP contribution < -0.4 is 0 Å². The summed E-state index contributed by atoms with van der Waals surface area (Å²) in [5, 5.41) is 0. The Kier molecular flexibility index (Phi) is 4.18. The highest BCUT2D eigenvalue weighted by Crippen LogP contribution is 2.53. The average molecular weight is 196 g/mol. The molecular weight excluding hydrogens is 172 g/mol. The number of hydrogen-bond acceptors (Lipinski definition) is 1. The largest absolute Gasteiger partial charge is 0.384 e. The van der Waals surface area contributed by atoms with Crippen LogP contribution in [-0.2, 0) is 4.74 Å². The number of rotatable bonds is 6. The molecule has 1 rings (SSSR count). The fourth-order valence-corrected chi connectivity index (χ4v) is 2.16. The van der Waals surface area contributed by atoms with Gasteiger partial charge in [-0.05, 0) is 50.9 Å². The molecule has 0 bridgehead atoms. The maximum atomic E-state index is 5.30. The lowest BCUT2D eigenvalue weighted by Crippen LogP contribution is -2.18. The fraction of sp³-hybridized carbons (Fsp3) is 0.846. The Morgan fingerprint density at radius 1 is 1.43 bits per heavy atom. The van der Waals surface area contributed by atoms with Gasteiger partial charge < -0.3 is 4.74 Å². The zero-order valence-electron chi connectivity index (χ0n) is 10.1. The molecule has 1 nitrogen and oxygen atoms in total. The van der Waals surface area contributed by atoms with E-state index in [0.717, 1.165) is 12.5 Å². The lowest BCUT2D eigenvalue weighted by Gasteiger charge is -2.22. The first-order valence-corrected chi connectivity index (χ1v) is 5.73. The van der Waals surface area contributed by atoms with Gasteiger partial charge in [-0.25, -0.2) is 0 Å². The molecule has 0 aliphatic heterocycles. The Morgan fingerprint density at radius 3 is 2.50 bits per heavy atom. The molecule has 1 atom stereocenters. The first kappa shape index (κ1) is 11.8. The van der Waals surface area contributed by atoms with Crippen LogP contribution in [0.15, 0.2) is 11.6 Å². The van der Waals surface area contributed by atoms with Gasteiger partial charge in [0.15, 0.2) is 0 Å². The summed E-state index contributed by atoms with van der Waals surface area (Å²) in [4.78, 5) is 0. The van der Waals surface area contributed by atoms with Gasteiger partial charge in [0, 0.05) is 7.11 Å². The van der Waals surface area contributed by atoms with Crippen LogP contribution >= 0.6 is 0 Å². The summed E-state index contributed by atoms with van der Waals surface area (Å²) in [5.74, 6) is 0.818. The Labute approximate surface area is 88.5 Å². The second-order valence-electron chi connectivity index (χ2n) is 5.06. The third-order valence-electron chi connectivity index (χ3n) is 3.52. The van der Waals surface area contributed by atoms with Gasteiger partial charge in [-0.15, -0.1) is 0 Å². The van der Waals surface area contributed by atoms with Crippen molar-refractivity contribution in [3.63, 3.8) is 0 Å². The van der Waals surface area contributed by atoms with E-state index in [-0.39, 0.29) is 0 Å². The third kappa shape index (κ3) is 3.13. The highest BCUT2D eigenvalue weighted by molar-refractivity contribution is 4.99. The minimum Gasteiger partial charge on any atom is -0.384 e. The summed E-state index contributed by atoms with van der Waals surface area (Å²) >= 11 is 0. The molecule has 0 N–H and O–H groups in total. The van der Waals surface area contributed by atoms with Crippen molar-refractivity contribution in [2.24, 2.45) is 11.3 Å². The molecule has 1 unspecified atom stereocenters. The molecule has 0 spiro atoms. The van der Waals surface area contributed by atoms with E-state index in [0.29, 0.717) is 5.41 Å². The molecule has 0 radical (unpaired) electrons. The molecule has 82 valence electrons. The smallest absolute Gasteiger partial charge is 0.0521 e. The van der Waals surface area contributed by atoms with Crippen molar-refractivity contribution in [2.75, 3.05) is 13.7 Å². The Hall–Kier alpha value is -0.300. The quantitative estimate of drug-likeness (QED) is 0.587. The standard InChI is InChI=1S/C13H24O/c1-11(2)6-5-7-12(3)13(8-9-13)10-14-4/h6,12H,5,7-10H2,1-4H3. The SMILES string of the molecule is COCC1(C(C)CCC=C(C)C)CC1. The molecule has 0 heterocycles. The van der Waals surface area contributed by atoms with E-state index in [9.17, 15) is 0 Å². The predicted octanol–water partition coefficient (Wildman–Crippen LogP) is 3.80. The lowest BCUT2D eigenvalue weighted by molar-refractivity contribution is 0.107. The molecule has 0 aromatic heterocycles. The minimum atomic E-state index is 0.546. The normalized spacial score (nSPS) is 20.3. The van der Waals surface area contributed by atoms with E-state index >= 15 is 0 Å². The lowest BCUT2D eigenvalue weighted by atomic mass is 9.87. The molecule has 14 heavy (non-hydrogen) atoms. The number of hydrogen-bond donors (Lipinski definition) is 0. The maximum absolute atomic E-state index is 5.30. The van der Waals surface area contributed by atoms with Gasteiger partial charge in [-0.3, -0.25) is 0 Å². The van der Waals surface area contributed by atoms with Crippen molar-refractivity contribution in [3.05, 3.63) is 11.6 Å². The second-order valence-corrected chi connectivity index (χ2v) is 5.06. The molecule has 1 saturated carbocycles. The van der Waals surface area contributed by atoms with Crippen molar-refractivity contribution >= 4 is 0 Å². The highest BCUT2D eigenvalue weighted by Gasteiger charge is 2.46. The van der Waals surface area contributed by atoms with Crippen molar-refractivity contribution in [3.8, 4) is 0 Å². The van der Waals surface area contributed by atoms with Crippen molar-refractivity contribution < 1.29 is 4.74 Å². The zero-order valence-corrected chi connectivity index (χ0v) is 10.1. The molecule has 0 aromatic carbocycles. The molecule has 1 aliphatic carbocycles. The van der Waals surface area contributed by atoms with Crippen molar-refractivity contribution in [2.45, 2.75) is 46.5 Å². The Bertz CT molecular complexity index is 197. The van der Waals surface area contributed by atoms with Crippen LogP contribution in [0.25, 0.3) is 0 Å². The molecule has 1 fully saturated rings. The fourth-order valence-electron chi connectivity index (χ4n) is 2.16. The van der Waals surface area contributed by atoms with Crippen LogP contribution in [0.4, 0.5) is 0 Å². The van der Waals surface area contributed by atoms with Gasteiger partial charge in [-0.1, -0.05) is 18.6 Å². The Morgan fingerprint density at radius 2 is 2.07 bits per heavy atom. The van der Waals surface area contributed by atoms with Crippen molar-refractivity contribution in [1.82, 2.24) is 0 Å². The van der Waals surface area contributed by atoms with Crippen LogP contribution in [0.3, 0.4) is 0 Å². The van der Waals surface area contributed by atoms with Gasteiger partial charge in [-0.2, -0.15) is 0 Å². The van der Waals surface area contributed by atoms with E-state index in [1.807, 2.05) is 7.11 Å². The average Bonchev–Trinajstić information content (AvgIpc) is 2.85. The molecule has 0 aromatic rings. The minimum absolute atomic E-state index is 0.546. The first-order chi connectivity index (χ1) is 6.60. The number of ether oxygens (including phenoxy) is 1. The van der Waals surface area contributed by atoms with Gasteiger partial charge in [0.05, 0.1) is 6.61 Å². The predicted molar refractivity (Wildman–Crippen MR) is 61.4 cm³/mol. The van der Waals surface area contributed by atoms with Crippen LogP contribution in [0.1, 0.15) is 46.5 Å². The molecule has 0 amide bonds. The molecule has 1 heteroatoms. The zero-order chi connectivity index (χ0) is 10.6. The number of allylic oxidation sites excluding steroid dienone is 2. The second kappa shape index (κ2) is 4.97. The third-order valence-corrected chi connectivity index (χ3v) is 3.52. The molecule has 0 saturated heterocycles. The van der Waals surface area contributed by atoms with Crippen LogP contribution in [-0.4, -0.2) is 13.7 Å². The van der Waals surface area contributed by atoms with E-state index in [2.05, 4.69) is 26.8 Å².